The number of carbonyl (C=O) groups is 4. The number of hydrogen-bond donors (Lipinski definition) is 1. The number of hydrogen-bond acceptors (Lipinski definition) is 12. The van der Waals surface area contributed by atoms with Crippen molar-refractivity contribution in [3.8, 4) is 0 Å². The van der Waals surface area contributed by atoms with E-state index in [1.807, 2.05) is 22.6 Å². The maximum atomic E-state index is 12.0. The first-order valence-corrected chi connectivity index (χ1v) is 11.8. The molecule has 5 atom stereocenters. The van der Waals surface area contributed by atoms with E-state index in [1.165, 1.54) is 13.0 Å². The molecule has 2 heterocycles. The van der Waals surface area contributed by atoms with Crippen LogP contribution < -0.4 is 10.9 Å². The van der Waals surface area contributed by atoms with Gasteiger partial charge in [0.05, 0.1) is 3.57 Å². The molecule has 1 aromatic heterocycles. The number of esters is 4. The summed E-state index contributed by atoms with van der Waals surface area (Å²) in [5.74, 6) is -2.75. The topological polar surface area (TPSA) is 157 Å². The molecule has 3 unspecified atom stereocenters. The molecule has 1 aromatic carbocycles. The van der Waals surface area contributed by atoms with Gasteiger partial charge >= 0.3 is 29.5 Å². The number of nitrogens with one attached hydrogen (secondary N) is 1. The Bertz CT molecular complexity index is 1230. The summed E-state index contributed by atoms with van der Waals surface area (Å²) in [5.41, 5.74) is 0.161. The standard InChI is InChI=1S/C23H24INO11/c1-10(26)31-9-18-20(32-11(2)27)21(33-12(3)28)19(23(36-18)34-13(4)29)25-15-6-5-14-7-16(24)22(30)35-17(14)8-15/h5-8,18-21,23,25H,9H2,1-4H3/t18?,19-,20+,21?,23?/m0/s1. The van der Waals surface area contributed by atoms with E-state index in [0.29, 0.717) is 14.6 Å². The molecule has 1 aliphatic heterocycles. The molecule has 36 heavy (non-hydrogen) atoms. The average molecular weight is 617 g/mol. The van der Waals surface area contributed by atoms with Crippen molar-refractivity contribution in [3.05, 3.63) is 38.3 Å². The highest BCUT2D eigenvalue weighted by atomic mass is 127. The van der Waals surface area contributed by atoms with E-state index in [0.717, 1.165) is 20.8 Å². The summed E-state index contributed by atoms with van der Waals surface area (Å²) in [5, 5.41) is 3.73. The number of rotatable bonds is 7. The van der Waals surface area contributed by atoms with Crippen molar-refractivity contribution in [2.24, 2.45) is 0 Å². The van der Waals surface area contributed by atoms with Crippen LogP contribution in [0.3, 0.4) is 0 Å². The van der Waals surface area contributed by atoms with Crippen LogP contribution in [0, 0.1) is 3.57 Å². The normalized spacial score (nSPS) is 23.4. The second-order valence-corrected chi connectivity index (χ2v) is 9.07. The first kappa shape index (κ1) is 27.4. The second kappa shape index (κ2) is 11.7. The van der Waals surface area contributed by atoms with Gasteiger partial charge in [-0.1, -0.05) is 0 Å². The number of fused-ring (bicyclic) bond motifs is 1. The lowest BCUT2D eigenvalue weighted by Gasteiger charge is -2.44. The SMILES string of the molecule is CC(=O)OCC1OC(OC(C)=O)[C@@H](Nc2ccc3cc(I)c(=O)oc3c2)C(OC(C)=O)[C@@H]1OC(C)=O. The molecule has 2 aromatic rings. The van der Waals surface area contributed by atoms with Gasteiger partial charge in [0.25, 0.3) is 0 Å². The molecule has 0 aliphatic carbocycles. The Balaban J connectivity index is 2.03. The Morgan fingerprint density at radius 2 is 1.56 bits per heavy atom. The van der Waals surface area contributed by atoms with E-state index in [9.17, 15) is 24.0 Å². The van der Waals surface area contributed by atoms with Crippen molar-refractivity contribution in [1.82, 2.24) is 0 Å². The van der Waals surface area contributed by atoms with Crippen LogP contribution in [0.1, 0.15) is 27.7 Å². The quantitative estimate of drug-likeness (QED) is 0.209. The molecule has 1 saturated heterocycles. The molecular formula is C23H24INO11. The maximum absolute atomic E-state index is 12.0. The molecule has 13 heteroatoms. The summed E-state index contributed by atoms with van der Waals surface area (Å²) in [7, 11) is 0. The van der Waals surface area contributed by atoms with Crippen LogP contribution in [-0.4, -0.2) is 61.1 Å². The molecule has 1 aliphatic rings. The van der Waals surface area contributed by atoms with Crippen molar-refractivity contribution in [1.29, 1.82) is 0 Å². The third-order valence-corrected chi connectivity index (χ3v) is 5.76. The van der Waals surface area contributed by atoms with Gasteiger partial charge in [-0.3, -0.25) is 19.2 Å². The second-order valence-electron chi connectivity index (χ2n) is 7.91. The van der Waals surface area contributed by atoms with Crippen molar-refractivity contribution in [3.63, 3.8) is 0 Å². The van der Waals surface area contributed by atoms with E-state index in [4.69, 9.17) is 28.1 Å². The van der Waals surface area contributed by atoms with E-state index in [1.54, 1.807) is 18.2 Å². The van der Waals surface area contributed by atoms with E-state index >= 15 is 0 Å². The van der Waals surface area contributed by atoms with Crippen LogP contribution in [0.15, 0.2) is 33.5 Å². The third kappa shape index (κ3) is 6.94. The van der Waals surface area contributed by atoms with Crippen LogP contribution in [0.2, 0.25) is 0 Å². The maximum Gasteiger partial charge on any atom is 0.349 e. The van der Waals surface area contributed by atoms with Gasteiger partial charge in [0.2, 0.25) is 6.29 Å². The lowest BCUT2D eigenvalue weighted by atomic mass is 9.95. The minimum absolute atomic E-state index is 0.277. The fourth-order valence-electron chi connectivity index (χ4n) is 3.69. The van der Waals surface area contributed by atoms with Crippen molar-refractivity contribution in [2.45, 2.75) is 58.3 Å². The van der Waals surface area contributed by atoms with Gasteiger partial charge in [0, 0.05) is 44.8 Å². The summed E-state index contributed by atoms with van der Waals surface area (Å²) >= 11 is 1.87. The Kier molecular flexibility index (Phi) is 8.89. The average Bonchev–Trinajstić information content (AvgIpc) is 2.76. The summed E-state index contributed by atoms with van der Waals surface area (Å²) in [6.07, 6.45) is -4.93. The van der Waals surface area contributed by atoms with E-state index < -0.39 is 60.1 Å². The van der Waals surface area contributed by atoms with Crippen molar-refractivity contribution >= 4 is 63.1 Å². The molecule has 3 rings (SSSR count). The number of anilines is 1. The molecule has 12 nitrogen and oxygen atoms in total. The molecule has 194 valence electrons. The van der Waals surface area contributed by atoms with Crippen molar-refractivity contribution < 1.29 is 47.3 Å². The number of carbonyl (C=O) groups excluding carboxylic acids is 4. The number of halogens is 1. The van der Waals surface area contributed by atoms with E-state index in [2.05, 4.69) is 5.32 Å². The summed E-state index contributed by atoms with van der Waals surface area (Å²) in [6, 6.07) is 5.48. The summed E-state index contributed by atoms with van der Waals surface area (Å²) in [4.78, 5) is 59.1. The van der Waals surface area contributed by atoms with Crippen LogP contribution >= 0.6 is 22.6 Å². The van der Waals surface area contributed by atoms with E-state index in [-0.39, 0.29) is 12.2 Å². The molecule has 1 N–H and O–H groups in total. The lowest BCUT2D eigenvalue weighted by Crippen LogP contribution is -2.64. The molecule has 0 spiro atoms. The highest BCUT2D eigenvalue weighted by molar-refractivity contribution is 14.1. The third-order valence-electron chi connectivity index (χ3n) is 5.01. The fraction of sp³-hybridized carbons (Fsp3) is 0.435. The Morgan fingerprint density at radius 3 is 2.17 bits per heavy atom. The summed E-state index contributed by atoms with van der Waals surface area (Å²) in [6.45, 7) is 4.29. The lowest BCUT2D eigenvalue weighted by molar-refractivity contribution is -0.264. The smallest absolute Gasteiger partial charge is 0.349 e. The molecular weight excluding hydrogens is 593 g/mol. The van der Waals surface area contributed by atoms with Gasteiger partial charge in [-0.2, -0.15) is 0 Å². The molecule has 1 fully saturated rings. The number of ether oxygens (including phenoxy) is 5. The summed E-state index contributed by atoms with van der Waals surface area (Å²) < 4.78 is 32.8. The Hall–Kier alpha value is -3.20. The molecule has 0 radical (unpaired) electrons. The first-order chi connectivity index (χ1) is 16.9. The zero-order valence-electron chi connectivity index (χ0n) is 19.8. The molecule has 0 amide bonds. The van der Waals surface area contributed by atoms with Gasteiger partial charge < -0.3 is 33.4 Å². The minimum Gasteiger partial charge on any atom is -0.463 e. The van der Waals surface area contributed by atoms with Crippen LogP contribution in [0.4, 0.5) is 5.69 Å². The Labute approximate surface area is 218 Å². The van der Waals surface area contributed by atoms with Gasteiger partial charge in [0.15, 0.2) is 12.2 Å². The van der Waals surface area contributed by atoms with Crippen LogP contribution in [-0.2, 0) is 42.9 Å². The van der Waals surface area contributed by atoms with Crippen LogP contribution in [0.25, 0.3) is 11.0 Å². The monoisotopic (exact) mass is 617 g/mol. The highest BCUT2D eigenvalue weighted by Gasteiger charge is 2.51. The van der Waals surface area contributed by atoms with Crippen molar-refractivity contribution in [2.75, 3.05) is 11.9 Å². The Morgan fingerprint density at radius 1 is 0.917 bits per heavy atom. The van der Waals surface area contributed by atoms with Gasteiger partial charge in [-0.15, -0.1) is 0 Å². The first-order valence-electron chi connectivity index (χ1n) is 10.7. The minimum atomic E-state index is -1.35. The van der Waals surface area contributed by atoms with Gasteiger partial charge in [0.1, 0.15) is 24.3 Å². The van der Waals surface area contributed by atoms with Gasteiger partial charge in [-0.05, 0) is 40.8 Å². The zero-order valence-corrected chi connectivity index (χ0v) is 21.9. The highest BCUT2D eigenvalue weighted by Crippen LogP contribution is 2.31. The largest absolute Gasteiger partial charge is 0.463 e. The van der Waals surface area contributed by atoms with Gasteiger partial charge in [-0.25, -0.2) is 4.79 Å². The zero-order chi connectivity index (χ0) is 26.6. The number of benzene rings is 1. The molecule has 0 bridgehead atoms. The predicted molar refractivity (Wildman–Crippen MR) is 131 cm³/mol. The molecule has 0 saturated carbocycles. The van der Waals surface area contributed by atoms with Crippen LogP contribution in [0.5, 0.6) is 0 Å². The predicted octanol–water partition coefficient (Wildman–Crippen LogP) is 1.89. The fourth-order valence-corrected chi connectivity index (χ4v) is 4.13.